The van der Waals surface area contributed by atoms with Crippen molar-refractivity contribution in [3.05, 3.63) is 47.5 Å². The van der Waals surface area contributed by atoms with Gasteiger partial charge in [-0.05, 0) is 43.1 Å². The summed E-state index contributed by atoms with van der Waals surface area (Å²) < 4.78 is 26.8. The summed E-state index contributed by atoms with van der Waals surface area (Å²) >= 11 is 0. The molecule has 2 rings (SSSR count). The molecule has 0 aliphatic heterocycles. The first-order valence-corrected chi connectivity index (χ1v) is 11.5. The molecular formula is C26H35NO10. The molecule has 11 nitrogen and oxygen atoms in total. The Morgan fingerprint density at radius 2 is 1.38 bits per heavy atom. The van der Waals surface area contributed by atoms with Crippen LogP contribution in [0, 0.1) is 0 Å². The van der Waals surface area contributed by atoms with Crippen LogP contribution in [0.15, 0.2) is 36.4 Å². The summed E-state index contributed by atoms with van der Waals surface area (Å²) in [6.45, 7) is 5.15. The Hall–Kier alpha value is -3.99. The highest BCUT2D eigenvalue weighted by Gasteiger charge is 2.18. The molecule has 204 valence electrons. The number of rotatable bonds is 13. The first kappa shape index (κ1) is 31.0. The number of benzene rings is 2. The van der Waals surface area contributed by atoms with Crippen LogP contribution in [0.25, 0.3) is 0 Å². The minimum Gasteiger partial charge on any atom is -0.496 e. The molecule has 0 unspecified atom stereocenters. The molecule has 0 amide bonds. The smallest absolute Gasteiger partial charge is 0.414 e. The highest BCUT2D eigenvalue weighted by molar-refractivity contribution is 6.27. The van der Waals surface area contributed by atoms with Crippen LogP contribution in [-0.2, 0) is 20.7 Å². The van der Waals surface area contributed by atoms with Gasteiger partial charge >= 0.3 is 17.9 Å². The fourth-order valence-electron chi connectivity index (χ4n) is 3.35. The number of methoxy groups -OCH3 is 4. The van der Waals surface area contributed by atoms with E-state index in [1.165, 1.54) is 26.9 Å². The number of esters is 1. The Labute approximate surface area is 216 Å². The summed E-state index contributed by atoms with van der Waals surface area (Å²) in [6.07, 6.45) is 1.65. The van der Waals surface area contributed by atoms with Gasteiger partial charge in [-0.3, -0.25) is 0 Å². The summed E-state index contributed by atoms with van der Waals surface area (Å²) in [5.74, 6) is -1.88. The van der Waals surface area contributed by atoms with Crippen LogP contribution in [0.1, 0.15) is 29.3 Å². The third-order valence-electron chi connectivity index (χ3n) is 5.27. The van der Waals surface area contributed by atoms with E-state index >= 15 is 0 Å². The Balaban J connectivity index is 0.00000102. The number of nitrogens with zero attached hydrogens (tertiary/aromatic N) is 1. The molecule has 0 spiro atoms. The van der Waals surface area contributed by atoms with Crippen LogP contribution in [0.3, 0.4) is 0 Å². The van der Waals surface area contributed by atoms with Crippen molar-refractivity contribution in [3.63, 3.8) is 0 Å². The van der Waals surface area contributed by atoms with Gasteiger partial charge in [0, 0.05) is 13.1 Å². The molecule has 0 fully saturated rings. The van der Waals surface area contributed by atoms with Crippen LogP contribution >= 0.6 is 0 Å². The third-order valence-corrected chi connectivity index (χ3v) is 5.27. The Bertz CT molecular complexity index is 987. The third kappa shape index (κ3) is 10.3. The van der Waals surface area contributed by atoms with Crippen molar-refractivity contribution in [1.29, 1.82) is 0 Å². The molecule has 0 atom stereocenters. The van der Waals surface area contributed by atoms with Crippen molar-refractivity contribution in [2.45, 2.75) is 19.8 Å². The minimum atomic E-state index is -1.82. The van der Waals surface area contributed by atoms with Crippen molar-refractivity contribution >= 4 is 17.9 Å². The zero-order chi connectivity index (χ0) is 27.8. The van der Waals surface area contributed by atoms with Crippen LogP contribution in [0.2, 0.25) is 0 Å². The van der Waals surface area contributed by atoms with Gasteiger partial charge < -0.3 is 38.8 Å². The van der Waals surface area contributed by atoms with E-state index in [-0.39, 0.29) is 0 Å². The van der Waals surface area contributed by atoms with E-state index in [1.807, 2.05) is 18.2 Å². The quantitative estimate of drug-likeness (QED) is 0.228. The second-order valence-electron chi connectivity index (χ2n) is 7.51. The predicted molar refractivity (Wildman–Crippen MR) is 135 cm³/mol. The molecule has 0 aromatic heterocycles. The van der Waals surface area contributed by atoms with E-state index in [4.69, 9.17) is 43.5 Å². The summed E-state index contributed by atoms with van der Waals surface area (Å²) in [5.41, 5.74) is 1.55. The molecule has 37 heavy (non-hydrogen) atoms. The first-order chi connectivity index (χ1) is 17.7. The molecule has 0 aliphatic rings. The van der Waals surface area contributed by atoms with E-state index in [2.05, 4.69) is 17.9 Å². The molecule has 0 saturated carbocycles. The summed E-state index contributed by atoms with van der Waals surface area (Å²) in [7, 11) is 6.23. The van der Waals surface area contributed by atoms with Crippen molar-refractivity contribution in [1.82, 2.24) is 4.90 Å². The van der Waals surface area contributed by atoms with Gasteiger partial charge in [0.05, 0.1) is 40.6 Å². The van der Waals surface area contributed by atoms with Crippen molar-refractivity contribution < 1.29 is 48.3 Å². The molecule has 2 N–H and O–H groups in total. The van der Waals surface area contributed by atoms with Crippen LogP contribution < -0.4 is 18.9 Å². The van der Waals surface area contributed by atoms with Crippen molar-refractivity contribution in [2.24, 2.45) is 0 Å². The molecule has 0 radical (unpaired) electrons. The maximum atomic E-state index is 12.5. The second-order valence-corrected chi connectivity index (χ2v) is 7.51. The number of aliphatic carboxylic acids is 2. The van der Waals surface area contributed by atoms with E-state index < -0.39 is 17.9 Å². The van der Waals surface area contributed by atoms with Gasteiger partial charge in [-0.2, -0.15) is 0 Å². The molecule has 0 heterocycles. The maximum absolute atomic E-state index is 12.5. The van der Waals surface area contributed by atoms with Crippen LogP contribution in [-0.4, -0.2) is 87.7 Å². The monoisotopic (exact) mass is 521 g/mol. The SMILES string of the molecule is CCN(CCCOC(=O)c1cc(OC)c(OC)c(OC)c1)CCc1ccccc1OC.O=C(O)C(=O)O. The first-order valence-electron chi connectivity index (χ1n) is 11.5. The lowest BCUT2D eigenvalue weighted by atomic mass is 10.1. The minimum absolute atomic E-state index is 0.334. The largest absolute Gasteiger partial charge is 0.496 e. The lowest BCUT2D eigenvalue weighted by Gasteiger charge is -2.21. The normalized spacial score (nSPS) is 10.1. The second kappa shape index (κ2) is 16.6. The number of carboxylic acid groups (broad SMARTS) is 2. The fourth-order valence-corrected chi connectivity index (χ4v) is 3.35. The molecular weight excluding hydrogens is 486 g/mol. The zero-order valence-electron chi connectivity index (χ0n) is 21.8. The van der Waals surface area contributed by atoms with Gasteiger partial charge in [-0.15, -0.1) is 0 Å². The topological polar surface area (TPSA) is 141 Å². The van der Waals surface area contributed by atoms with Gasteiger partial charge in [0.25, 0.3) is 0 Å². The van der Waals surface area contributed by atoms with Gasteiger partial charge in [-0.25, -0.2) is 14.4 Å². The Morgan fingerprint density at radius 3 is 1.86 bits per heavy atom. The molecule has 0 aliphatic carbocycles. The lowest BCUT2D eigenvalue weighted by Crippen LogP contribution is -2.28. The Kier molecular flexibility index (Phi) is 14.0. The zero-order valence-corrected chi connectivity index (χ0v) is 21.8. The maximum Gasteiger partial charge on any atom is 0.414 e. The van der Waals surface area contributed by atoms with Crippen molar-refractivity contribution in [2.75, 3.05) is 54.7 Å². The predicted octanol–water partition coefficient (Wildman–Crippen LogP) is 2.99. The lowest BCUT2D eigenvalue weighted by molar-refractivity contribution is -0.159. The number of hydrogen-bond donors (Lipinski definition) is 2. The average Bonchev–Trinajstić information content (AvgIpc) is 2.91. The Morgan fingerprint density at radius 1 is 0.811 bits per heavy atom. The van der Waals surface area contributed by atoms with Gasteiger partial charge in [0.15, 0.2) is 11.5 Å². The molecule has 11 heteroatoms. The average molecular weight is 522 g/mol. The van der Waals surface area contributed by atoms with E-state index in [9.17, 15) is 4.79 Å². The number of para-hydroxylation sites is 1. The van der Waals surface area contributed by atoms with Gasteiger partial charge in [0.1, 0.15) is 5.75 Å². The van der Waals surface area contributed by atoms with Crippen molar-refractivity contribution in [3.8, 4) is 23.0 Å². The molecule has 2 aromatic carbocycles. The highest BCUT2D eigenvalue weighted by Crippen LogP contribution is 2.38. The number of hydrogen-bond acceptors (Lipinski definition) is 9. The summed E-state index contributed by atoms with van der Waals surface area (Å²) in [5, 5.41) is 14.8. The molecule has 2 aromatic rings. The van der Waals surface area contributed by atoms with Gasteiger partial charge in [0.2, 0.25) is 5.75 Å². The van der Waals surface area contributed by atoms with E-state index in [0.717, 1.165) is 38.2 Å². The summed E-state index contributed by atoms with van der Waals surface area (Å²) in [6, 6.07) is 11.3. The summed E-state index contributed by atoms with van der Waals surface area (Å²) in [4.78, 5) is 33.0. The van der Waals surface area contributed by atoms with E-state index in [1.54, 1.807) is 19.2 Å². The van der Waals surface area contributed by atoms with Crippen LogP contribution in [0.5, 0.6) is 23.0 Å². The van der Waals surface area contributed by atoms with E-state index in [0.29, 0.717) is 29.4 Å². The highest BCUT2D eigenvalue weighted by atomic mass is 16.5. The number of likely N-dealkylation sites (N-methyl/N-ethyl adjacent to an activating group) is 1. The number of carboxylic acids is 2. The number of ether oxygens (including phenoxy) is 5. The molecule has 0 saturated heterocycles. The number of carbonyl (C=O) groups is 3. The standard InChI is InChI=1S/C24H33NO6.C2H2O4/c1-6-25(14-12-18-10-7-8-11-20(18)27-2)13-9-15-31-24(26)19-16-21(28-3)23(30-5)22(17-19)29-4;3-1(4)2(5)6/h7-8,10-11,16-17H,6,9,12-15H2,1-5H3;(H,3,4)(H,5,6). The molecule has 0 bridgehead atoms. The fraction of sp³-hybridized carbons (Fsp3) is 0.423. The number of carbonyl (C=O) groups excluding carboxylic acids is 1. The van der Waals surface area contributed by atoms with Crippen LogP contribution in [0.4, 0.5) is 0 Å². The van der Waals surface area contributed by atoms with Gasteiger partial charge in [-0.1, -0.05) is 25.1 Å².